The van der Waals surface area contributed by atoms with Crippen LogP contribution in [0.3, 0.4) is 0 Å². The van der Waals surface area contributed by atoms with Gasteiger partial charge in [-0.3, -0.25) is 0 Å². The molecule has 0 bridgehead atoms. The molecule has 0 spiro atoms. The average molecular weight is 563 g/mol. The summed E-state index contributed by atoms with van der Waals surface area (Å²) in [5, 5.41) is 0. The number of benzene rings is 4. The van der Waals surface area contributed by atoms with Crippen LogP contribution in [-0.2, 0) is 26.1 Å². The summed E-state index contributed by atoms with van der Waals surface area (Å²) in [5.41, 5.74) is 5.24. The van der Waals surface area contributed by atoms with Crippen LogP contribution >= 0.6 is 0 Å². The van der Waals surface area contributed by atoms with Crippen LogP contribution in [0.4, 0.5) is 4.39 Å². The van der Waals surface area contributed by atoms with E-state index < -0.39 is 19.7 Å². The molecule has 6 nitrogen and oxygen atoms in total. The smallest absolute Gasteiger partial charge is 0.175 e. The number of halogens is 1. The molecule has 0 aliphatic heterocycles. The Morgan fingerprint density at radius 3 is 1.85 bits per heavy atom. The van der Waals surface area contributed by atoms with Gasteiger partial charge in [-0.05, 0) is 77.7 Å². The highest BCUT2D eigenvalue weighted by atomic mass is 32.2. The van der Waals surface area contributed by atoms with Crippen LogP contribution in [-0.4, -0.2) is 38.9 Å². The van der Waals surface area contributed by atoms with E-state index in [1.165, 1.54) is 24.6 Å². The minimum Gasteiger partial charge on any atom is -0.320 e. The standard InChI is InChI=1S/C30H27FN2O4S2/c1-20(22-6-11-25(31)12-7-22)33-29-19-24(23-8-15-27(16-9-23)39(3,36)37)10-17-28(29)32-30(33)18-21-4-13-26(14-5-21)38(2,34)35/h4-17,19-20H,18H2,1-3H3/t20-/m0/s1. The van der Waals surface area contributed by atoms with E-state index in [1.54, 1.807) is 60.7 Å². The van der Waals surface area contributed by atoms with Gasteiger partial charge in [0.2, 0.25) is 0 Å². The number of nitrogens with zero attached hydrogens (tertiary/aromatic N) is 2. The van der Waals surface area contributed by atoms with E-state index in [9.17, 15) is 21.2 Å². The summed E-state index contributed by atoms with van der Waals surface area (Å²) in [6, 6.07) is 25.6. The molecule has 200 valence electrons. The quantitative estimate of drug-likeness (QED) is 0.248. The third-order valence-electron chi connectivity index (χ3n) is 6.83. The number of hydrogen-bond acceptors (Lipinski definition) is 5. The Morgan fingerprint density at radius 2 is 1.28 bits per heavy atom. The highest BCUT2D eigenvalue weighted by molar-refractivity contribution is 7.91. The molecular weight excluding hydrogens is 535 g/mol. The summed E-state index contributed by atoms with van der Waals surface area (Å²) in [7, 11) is -6.60. The summed E-state index contributed by atoms with van der Waals surface area (Å²) in [5.74, 6) is 0.464. The average Bonchev–Trinajstić information content (AvgIpc) is 3.25. The van der Waals surface area contributed by atoms with Gasteiger partial charge in [-0.1, -0.05) is 42.5 Å². The van der Waals surface area contributed by atoms with Gasteiger partial charge >= 0.3 is 0 Å². The van der Waals surface area contributed by atoms with Gasteiger partial charge in [-0.25, -0.2) is 26.2 Å². The maximum atomic E-state index is 13.7. The largest absolute Gasteiger partial charge is 0.320 e. The first-order valence-corrected chi connectivity index (χ1v) is 16.0. The van der Waals surface area contributed by atoms with E-state index in [1.807, 2.05) is 25.1 Å². The number of rotatable bonds is 7. The first kappa shape index (κ1) is 26.8. The van der Waals surface area contributed by atoms with E-state index in [0.717, 1.165) is 39.1 Å². The van der Waals surface area contributed by atoms with E-state index in [-0.39, 0.29) is 21.7 Å². The summed E-state index contributed by atoms with van der Waals surface area (Å²) >= 11 is 0. The Labute approximate surface area is 227 Å². The monoisotopic (exact) mass is 562 g/mol. The second kappa shape index (κ2) is 10.1. The molecule has 0 aliphatic rings. The van der Waals surface area contributed by atoms with E-state index in [0.29, 0.717) is 6.42 Å². The molecule has 0 saturated heterocycles. The zero-order chi connectivity index (χ0) is 27.9. The van der Waals surface area contributed by atoms with Crippen LogP contribution in [0.2, 0.25) is 0 Å². The van der Waals surface area contributed by atoms with Gasteiger partial charge in [0.05, 0.1) is 26.9 Å². The van der Waals surface area contributed by atoms with Crippen molar-refractivity contribution in [2.75, 3.05) is 12.5 Å². The van der Waals surface area contributed by atoms with Gasteiger partial charge < -0.3 is 4.57 Å². The van der Waals surface area contributed by atoms with Gasteiger partial charge in [0, 0.05) is 18.9 Å². The molecular formula is C30H27FN2O4S2. The molecule has 0 aliphatic carbocycles. The van der Waals surface area contributed by atoms with Crippen LogP contribution in [0.25, 0.3) is 22.2 Å². The van der Waals surface area contributed by atoms with Crippen molar-refractivity contribution in [2.24, 2.45) is 0 Å². The van der Waals surface area contributed by atoms with Crippen LogP contribution in [0.15, 0.2) is 101 Å². The minimum absolute atomic E-state index is 0.177. The molecule has 1 atom stereocenters. The zero-order valence-electron chi connectivity index (χ0n) is 21.7. The van der Waals surface area contributed by atoms with Crippen LogP contribution in [0.1, 0.15) is 29.9 Å². The highest BCUT2D eigenvalue weighted by Gasteiger charge is 2.19. The fourth-order valence-corrected chi connectivity index (χ4v) is 5.96. The SMILES string of the molecule is C[C@@H](c1ccc(F)cc1)n1c(Cc2ccc(S(C)(=O)=O)cc2)nc2ccc(-c3ccc(S(C)(=O)=O)cc3)cc21. The van der Waals surface area contributed by atoms with E-state index >= 15 is 0 Å². The molecule has 1 heterocycles. The summed E-state index contributed by atoms with van der Waals surface area (Å²) < 4.78 is 63.3. The Balaban J connectivity index is 1.61. The number of fused-ring (bicyclic) bond motifs is 1. The Morgan fingerprint density at radius 1 is 0.744 bits per heavy atom. The second-order valence-electron chi connectivity index (χ2n) is 9.72. The van der Waals surface area contributed by atoms with Crippen molar-refractivity contribution in [3.63, 3.8) is 0 Å². The predicted octanol–water partition coefficient (Wildman–Crippen LogP) is 5.85. The van der Waals surface area contributed by atoms with Crippen molar-refractivity contribution in [1.29, 1.82) is 0 Å². The molecule has 39 heavy (non-hydrogen) atoms. The third-order valence-corrected chi connectivity index (χ3v) is 9.09. The Kier molecular flexibility index (Phi) is 6.90. The molecule has 0 N–H and O–H groups in total. The van der Waals surface area contributed by atoms with E-state index in [4.69, 9.17) is 4.98 Å². The van der Waals surface area contributed by atoms with E-state index in [2.05, 4.69) is 4.57 Å². The van der Waals surface area contributed by atoms with Gasteiger partial charge in [-0.15, -0.1) is 0 Å². The van der Waals surface area contributed by atoms with Crippen molar-refractivity contribution in [1.82, 2.24) is 9.55 Å². The van der Waals surface area contributed by atoms with Crippen molar-refractivity contribution in [3.05, 3.63) is 114 Å². The molecule has 5 rings (SSSR count). The number of hydrogen-bond donors (Lipinski definition) is 0. The topological polar surface area (TPSA) is 86.1 Å². The number of aromatic nitrogens is 2. The maximum Gasteiger partial charge on any atom is 0.175 e. The zero-order valence-corrected chi connectivity index (χ0v) is 23.3. The second-order valence-corrected chi connectivity index (χ2v) is 13.7. The van der Waals surface area contributed by atoms with Crippen molar-refractivity contribution in [3.8, 4) is 11.1 Å². The van der Waals surface area contributed by atoms with Crippen LogP contribution in [0.5, 0.6) is 0 Å². The molecule has 0 unspecified atom stereocenters. The first-order valence-electron chi connectivity index (χ1n) is 12.3. The van der Waals surface area contributed by atoms with Crippen molar-refractivity contribution >= 4 is 30.7 Å². The first-order chi connectivity index (χ1) is 18.4. The third kappa shape index (κ3) is 5.65. The number of imidazole rings is 1. The Hall–Kier alpha value is -3.82. The highest BCUT2D eigenvalue weighted by Crippen LogP contribution is 2.31. The molecule has 1 aromatic heterocycles. The molecule has 0 amide bonds. The molecule has 9 heteroatoms. The summed E-state index contributed by atoms with van der Waals surface area (Å²) in [6.45, 7) is 2.03. The lowest BCUT2D eigenvalue weighted by atomic mass is 10.0. The normalized spacial score (nSPS) is 13.0. The van der Waals surface area contributed by atoms with Crippen molar-refractivity contribution < 1.29 is 21.2 Å². The van der Waals surface area contributed by atoms with Crippen LogP contribution < -0.4 is 0 Å². The number of sulfone groups is 2. The van der Waals surface area contributed by atoms with Gasteiger partial charge in [0.1, 0.15) is 11.6 Å². The summed E-state index contributed by atoms with van der Waals surface area (Å²) in [6.07, 6.45) is 2.82. The molecule has 0 radical (unpaired) electrons. The summed E-state index contributed by atoms with van der Waals surface area (Å²) in [4.78, 5) is 5.43. The molecule has 0 saturated carbocycles. The predicted molar refractivity (Wildman–Crippen MR) is 151 cm³/mol. The lowest BCUT2D eigenvalue weighted by Gasteiger charge is -2.19. The molecule has 4 aromatic carbocycles. The van der Waals surface area contributed by atoms with Crippen molar-refractivity contribution in [2.45, 2.75) is 29.2 Å². The van der Waals surface area contributed by atoms with Gasteiger partial charge in [0.25, 0.3) is 0 Å². The van der Waals surface area contributed by atoms with Crippen LogP contribution in [0, 0.1) is 5.82 Å². The lowest BCUT2D eigenvalue weighted by molar-refractivity contribution is 0.600. The maximum absolute atomic E-state index is 13.7. The molecule has 5 aromatic rings. The minimum atomic E-state index is -3.30. The Bertz CT molecular complexity index is 1880. The van der Waals surface area contributed by atoms with Gasteiger partial charge in [-0.2, -0.15) is 0 Å². The van der Waals surface area contributed by atoms with Gasteiger partial charge in [0.15, 0.2) is 19.7 Å². The fourth-order valence-electron chi connectivity index (χ4n) is 4.70. The molecule has 0 fully saturated rings. The lowest BCUT2D eigenvalue weighted by Crippen LogP contribution is -2.11. The fraction of sp³-hybridized carbons (Fsp3) is 0.167.